The van der Waals surface area contributed by atoms with Crippen LogP contribution in [0.1, 0.15) is 18.1 Å². The average Bonchev–Trinajstić information content (AvgIpc) is 2.45. The van der Waals surface area contributed by atoms with Crippen molar-refractivity contribution in [1.29, 1.82) is 0 Å². The summed E-state index contributed by atoms with van der Waals surface area (Å²) in [5, 5.41) is 0. The molecule has 0 radical (unpaired) electrons. The van der Waals surface area contributed by atoms with Crippen molar-refractivity contribution in [2.24, 2.45) is 0 Å². The monoisotopic (exact) mass is 294 g/mol. The van der Waals surface area contributed by atoms with Crippen LogP contribution >= 0.6 is 0 Å². The molecule has 0 aliphatic heterocycles. The van der Waals surface area contributed by atoms with Gasteiger partial charge in [0.1, 0.15) is 0 Å². The van der Waals surface area contributed by atoms with Crippen LogP contribution in [-0.4, -0.2) is 7.05 Å². The Balaban J connectivity index is 2.44. The van der Waals surface area contributed by atoms with Gasteiger partial charge >= 0.3 is 6.18 Å². The van der Waals surface area contributed by atoms with Crippen LogP contribution in [0.5, 0.6) is 0 Å². The Kier molecular flexibility index (Phi) is 4.11. The second kappa shape index (κ2) is 5.68. The van der Waals surface area contributed by atoms with Gasteiger partial charge in [-0.15, -0.1) is 0 Å². The predicted octanol–water partition coefficient (Wildman–Crippen LogP) is 4.62. The molecule has 0 heterocycles. The maximum atomic E-state index is 13.1. The van der Waals surface area contributed by atoms with Crippen molar-refractivity contribution in [2.45, 2.75) is 19.5 Å². The summed E-state index contributed by atoms with van der Waals surface area (Å²) in [6.45, 7) is 2.03. The molecule has 0 spiro atoms. The number of anilines is 3. The first-order valence-electron chi connectivity index (χ1n) is 6.62. The Bertz CT molecular complexity index is 618. The van der Waals surface area contributed by atoms with Gasteiger partial charge in [0, 0.05) is 18.4 Å². The first-order chi connectivity index (χ1) is 9.82. The van der Waals surface area contributed by atoms with Gasteiger partial charge in [0.25, 0.3) is 0 Å². The van der Waals surface area contributed by atoms with Crippen LogP contribution in [0.3, 0.4) is 0 Å². The highest BCUT2D eigenvalue weighted by atomic mass is 19.4. The molecule has 0 fully saturated rings. The van der Waals surface area contributed by atoms with Gasteiger partial charge in [-0.2, -0.15) is 13.2 Å². The molecule has 0 saturated carbocycles. The molecule has 5 heteroatoms. The number of nitrogens with two attached hydrogens (primary N) is 1. The highest BCUT2D eigenvalue weighted by molar-refractivity contribution is 5.69. The number of halogens is 3. The SMILES string of the molecule is CCc1ccc(N(C)c2ccc(N)cc2C(F)(F)F)cc1. The lowest BCUT2D eigenvalue weighted by molar-refractivity contribution is -0.137. The van der Waals surface area contributed by atoms with E-state index in [0.29, 0.717) is 5.69 Å². The Labute approximate surface area is 122 Å². The fraction of sp³-hybridized carbons (Fsp3) is 0.250. The first-order valence-corrected chi connectivity index (χ1v) is 6.62. The summed E-state index contributed by atoms with van der Waals surface area (Å²) in [6, 6.07) is 11.3. The van der Waals surface area contributed by atoms with E-state index in [1.165, 1.54) is 17.0 Å². The van der Waals surface area contributed by atoms with Crippen LogP contribution in [0.15, 0.2) is 42.5 Å². The third kappa shape index (κ3) is 3.29. The van der Waals surface area contributed by atoms with E-state index in [9.17, 15) is 13.2 Å². The van der Waals surface area contributed by atoms with Crippen molar-refractivity contribution >= 4 is 17.1 Å². The predicted molar refractivity (Wildman–Crippen MR) is 79.7 cm³/mol. The van der Waals surface area contributed by atoms with E-state index < -0.39 is 11.7 Å². The van der Waals surface area contributed by atoms with Crippen LogP contribution in [-0.2, 0) is 12.6 Å². The molecule has 2 nitrogen and oxygen atoms in total. The largest absolute Gasteiger partial charge is 0.418 e. The maximum Gasteiger partial charge on any atom is 0.418 e. The number of aryl methyl sites for hydroxylation is 1. The number of benzene rings is 2. The van der Waals surface area contributed by atoms with Gasteiger partial charge in [-0.25, -0.2) is 0 Å². The third-order valence-corrected chi connectivity index (χ3v) is 3.42. The van der Waals surface area contributed by atoms with E-state index in [-0.39, 0.29) is 11.4 Å². The zero-order chi connectivity index (χ0) is 15.6. The van der Waals surface area contributed by atoms with Gasteiger partial charge < -0.3 is 10.6 Å². The standard InChI is InChI=1S/C16H17F3N2/c1-3-11-4-7-13(8-5-11)21(2)15-9-6-12(20)10-14(15)16(17,18)19/h4-10H,3,20H2,1-2H3. The summed E-state index contributed by atoms with van der Waals surface area (Å²) in [7, 11) is 1.61. The fourth-order valence-electron chi connectivity index (χ4n) is 2.17. The van der Waals surface area contributed by atoms with Crippen LogP contribution in [0, 0.1) is 0 Å². The number of rotatable bonds is 3. The minimum atomic E-state index is -4.44. The number of hydrogen-bond donors (Lipinski definition) is 1. The Hall–Kier alpha value is -2.17. The van der Waals surface area contributed by atoms with Crippen molar-refractivity contribution in [3.05, 3.63) is 53.6 Å². The van der Waals surface area contributed by atoms with E-state index in [2.05, 4.69) is 0 Å². The third-order valence-electron chi connectivity index (χ3n) is 3.42. The fourth-order valence-corrected chi connectivity index (χ4v) is 2.17. The zero-order valence-corrected chi connectivity index (χ0v) is 11.9. The lowest BCUT2D eigenvalue weighted by Gasteiger charge is -2.24. The van der Waals surface area contributed by atoms with E-state index in [1.54, 1.807) is 7.05 Å². The molecule has 2 aromatic carbocycles. The van der Waals surface area contributed by atoms with E-state index in [4.69, 9.17) is 5.73 Å². The minimum Gasteiger partial charge on any atom is -0.399 e. The van der Waals surface area contributed by atoms with Gasteiger partial charge in [-0.1, -0.05) is 19.1 Å². The molecule has 21 heavy (non-hydrogen) atoms. The summed E-state index contributed by atoms with van der Waals surface area (Å²) < 4.78 is 39.4. The lowest BCUT2D eigenvalue weighted by Crippen LogP contribution is -2.17. The number of alkyl halides is 3. The molecule has 0 atom stereocenters. The topological polar surface area (TPSA) is 29.3 Å². The van der Waals surface area contributed by atoms with Crippen molar-refractivity contribution in [2.75, 3.05) is 17.7 Å². The molecule has 0 aromatic heterocycles. The number of nitrogens with zero attached hydrogens (tertiary/aromatic N) is 1. The molecule has 0 saturated heterocycles. The normalized spacial score (nSPS) is 11.5. The minimum absolute atomic E-state index is 0.0842. The number of hydrogen-bond acceptors (Lipinski definition) is 2. The van der Waals surface area contributed by atoms with E-state index in [0.717, 1.165) is 18.1 Å². The van der Waals surface area contributed by atoms with Crippen molar-refractivity contribution in [1.82, 2.24) is 0 Å². The van der Waals surface area contributed by atoms with Gasteiger partial charge in [0.2, 0.25) is 0 Å². The smallest absolute Gasteiger partial charge is 0.399 e. The molecule has 0 aliphatic rings. The Morgan fingerprint density at radius 2 is 1.67 bits per heavy atom. The highest BCUT2D eigenvalue weighted by Crippen LogP contribution is 2.39. The van der Waals surface area contributed by atoms with Gasteiger partial charge in [0.05, 0.1) is 11.3 Å². The van der Waals surface area contributed by atoms with Gasteiger partial charge in [-0.3, -0.25) is 0 Å². The summed E-state index contributed by atoms with van der Waals surface area (Å²) in [5.41, 5.74) is 6.77. The molecule has 112 valence electrons. The first kappa shape index (κ1) is 15.2. The average molecular weight is 294 g/mol. The van der Waals surface area contributed by atoms with E-state index in [1.807, 2.05) is 31.2 Å². The lowest BCUT2D eigenvalue weighted by atomic mass is 10.1. The van der Waals surface area contributed by atoms with Crippen LogP contribution in [0.25, 0.3) is 0 Å². The second-order valence-corrected chi connectivity index (χ2v) is 4.85. The van der Waals surface area contributed by atoms with Crippen molar-refractivity contribution in [3.8, 4) is 0 Å². The summed E-state index contributed by atoms with van der Waals surface area (Å²) in [4.78, 5) is 1.52. The summed E-state index contributed by atoms with van der Waals surface area (Å²) in [5.74, 6) is 0. The molecule has 2 N–H and O–H groups in total. The molecule has 0 amide bonds. The van der Waals surface area contributed by atoms with Crippen LogP contribution < -0.4 is 10.6 Å². The summed E-state index contributed by atoms with van der Waals surface area (Å²) >= 11 is 0. The number of nitrogen functional groups attached to an aromatic ring is 1. The van der Waals surface area contributed by atoms with E-state index >= 15 is 0 Å². The quantitative estimate of drug-likeness (QED) is 0.837. The van der Waals surface area contributed by atoms with Crippen LogP contribution in [0.4, 0.5) is 30.2 Å². The van der Waals surface area contributed by atoms with Crippen molar-refractivity contribution < 1.29 is 13.2 Å². The molecule has 0 bridgehead atoms. The molecule has 0 aliphatic carbocycles. The maximum absolute atomic E-state index is 13.1. The Morgan fingerprint density at radius 3 is 2.19 bits per heavy atom. The molecular weight excluding hydrogens is 277 g/mol. The molecule has 0 unspecified atom stereocenters. The highest BCUT2D eigenvalue weighted by Gasteiger charge is 2.34. The zero-order valence-electron chi connectivity index (χ0n) is 11.9. The molecule has 2 rings (SSSR count). The van der Waals surface area contributed by atoms with Gasteiger partial charge in [-0.05, 0) is 42.3 Å². The van der Waals surface area contributed by atoms with Crippen molar-refractivity contribution in [3.63, 3.8) is 0 Å². The Morgan fingerprint density at radius 1 is 1.05 bits per heavy atom. The summed E-state index contributed by atoms with van der Waals surface area (Å²) in [6.07, 6.45) is -3.55. The molecule has 2 aromatic rings. The molecular formula is C16H17F3N2. The second-order valence-electron chi connectivity index (χ2n) is 4.85. The van der Waals surface area contributed by atoms with Crippen LogP contribution in [0.2, 0.25) is 0 Å². The van der Waals surface area contributed by atoms with Gasteiger partial charge in [0.15, 0.2) is 0 Å².